The third-order valence-electron chi connectivity index (χ3n) is 3.11. The van der Waals surface area contributed by atoms with E-state index < -0.39 is 12.1 Å². The number of carbonyl (C=O) groups is 3. The highest BCUT2D eigenvalue weighted by molar-refractivity contribution is 14.1. The largest absolute Gasteiger partial charge is 0.466 e. The van der Waals surface area contributed by atoms with Crippen LogP contribution in [0.15, 0.2) is 11.6 Å². The molecule has 112 valence electrons. The second-order valence-electron chi connectivity index (χ2n) is 4.63. The Morgan fingerprint density at radius 3 is 2.75 bits per heavy atom. The van der Waals surface area contributed by atoms with Crippen LogP contribution in [0.3, 0.4) is 0 Å². The van der Waals surface area contributed by atoms with Gasteiger partial charge < -0.3 is 9.47 Å². The Morgan fingerprint density at radius 2 is 2.20 bits per heavy atom. The van der Waals surface area contributed by atoms with Gasteiger partial charge in [0, 0.05) is 12.5 Å². The molecule has 1 aliphatic rings. The van der Waals surface area contributed by atoms with Gasteiger partial charge in [-0.15, -0.1) is 0 Å². The molecular formula is C14H19IO5. The third-order valence-corrected chi connectivity index (χ3v) is 4.27. The van der Waals surface area contributed by atoms with Crippen LogP contribution in [0.5, 0.6) is 0 Å². The van der Waals surface area contributed by atoms with E-state index in [1.807, 2.05) is 0 Å². The monoisotopic (exact) mass is 394 g/mol. The number of ether oxygens (including phenoxy) is 2. The smallest absolute Gasteiger partial charge is 0.308 e. The number of hydrogen-bond donors (Lipinski definition) is 0. The molecule has 20 heavy (non-hydrogen) atoms. The minimum Gasteiger partial charge on any atom is -0.466 e. The molecule has 6 heteroatoms. The Kier molecular flexibility index (Phi) is 7.18. The predicted octanol–water partition coefficient (Wildman–Crippen LogP) is 2.21. The molecule has 5 nitrogen and oxygen atoms in total. The second kappa shape index (κ2) is 8.39. The van der Waals surface area contributed by atoms with Gasteiger partial charge >= 0.3 is 11.9 Å². The maximum absolute atomic E-state index is 11.9. The minimum absolute atomic E-state index is 0.136. The van der Waals surface area contributed by atoms with Crippen LogP contribution >= 0.6 is 22.6 Å². The number of esters is 2. The summed E-state index contributed by atoms with van der Waals surface area (Å²) in [5.74, 6) is -0.879. The van der Waals surface area contributed by atoms with Crippen LogP contribution in [0.2, 0.25) is 0 Å². The molecule has 0 radical (unpaired) electrons. The second-order valence-corrected chi connectivity index (χ2v) is 6.23. The van der Waals surface area contributed by atoms with Crippen molar-refractivity contribution in [2.45, 2.75) is 43.1 Å². The van der Waals surface area contributed by atoms with Crippen LogP contribution < -0.4 is 0 Å². The SMILES string of the molecule is CCOC(=O)C1CC/C=C(/C=O)[C@@H](OC(C)=O)[C@H](I)C1. The summed E-state index contributed by atoms with van der Waals surface area (Å²) in [6.07, 6.45) is 3.65. The molecule has 0 amide bonds. The highest BCUT2D eigenvalue weighted by Gasteiger charge is 2.32. The lowest BCUT2D eigenvalue weighted by Crippen LogP contribution is -2.34. The quantitative estimate of drug-likeness (QED) is 0.317. The number of carbonyl (C=O) groups excluding carboxylic acids is 3. The molecule has 0 saturated carbocycles. The molecule has 0 aromatic heterocycles. The maximum Gasteiger partial charge on any atom is 0.308 e. The third kappa shape index (κ3) is 4.88. The zero-order chi connectivity index (χ0) is 15.1. The summed E-state index contributed by atoms with van der Waals surface area (Å²) in [6, 6.07) is 0. The lowest BCUT2D eigenvalue weighted by atomic mass is 9.90. The fraction of sp³-hybridized carbons (Fsp3) is 0.643. The summed E-state index contributed by atoms with van der Waals surface area (Å²) >= 11 is 2.12. The molecular weight excluding hydrogens is 375 g/mol. The molecule has 0 aromatic rings. The Morgan fingerprint density at radius 1 is 1.50 bits per heavy atom. The van der Waals surface area contributed by atoms with Crippen molar-refractivity contribution >= 4 is 40.8 Å². The fourth-order valence-electron chi connectivity index (χ4n) is 2.20. The molecule has 0 bridgehead atoms. The summed E-state index contributed by atoms with van der Waals surface area (Å²) in [5, 5.41) is 0. The van der Waals surface area contributed by atoms with E-state index >= 15 is 0 Å². The van der Waals surface area contributed by atoms with Crippen LogP contribution in [0, 0.1) is 5.92 Å². The van der Waals surface area contributed by atoms with E-state index in [2.05, 4.69) is 22.6 Å². The molecule has 0 N–H and O–H groups in total. The van der Waals surface area contributed by atoms with Gasteiger partial charge in [-0.05, 0) is 26.2 Å². The molecule has 0 spiro atoms. The molecule has 0 aromatic carbocycles. The highest BCUT2D eigenvalue weighted by atomic mass is 127. The minimum atomic E-state index is -0.595. The first-order chi connectivity index (χ1) is 9.49. The van der Waals surface area contributed by atoms with Crippen LogP contribution in [-0.4, -0.2) is 34.9 Å². The van der Waals surface area contributed by atoms with E-state index in [1.54, 1.807) is 13.0 Å². The Balaban J connectivity index is 2.89. The van der Waals surface area contributed by atoms with Crippen LogP contribution in [-0.2, 0) is 23.9 Å². The van der Waals surface area contributed by atoms with Crippen molar-refractivity contribution in [3.8, 4) is 0 Å². The summed E-state index contributed by atoms with van der Waals surface area (Å²) < 4.78 is 10.2. The van der Waals surface area contributed by atoms with Gasteiger partial charge in [0.2, 0.25) is 0 Å². The molecule has 0 saturated heterocycles. The summed E-state index contributed by atoms with van der Waals surface area (Å²) in [7, 11) is 0. The van der Waals surface area contributed by atoms with E-state index in [4.69, 9.17) is 9.47 Å². The average molecular weight is 394 g/mol. The van der Waals surface area contributed by atoms with E-state index in [9.17, 15) is 14.4 Å². The first kappa shape index (κ1) is 17.1. The molecule has 3 atom stereocenters. The standard InChI is InChI=1S/C14H19IO5/c1-3-19-14(18)10-5-4-6-11(8-16)13(12(15)7-10)20-9(2)17/h6,8,10,12-13H,3-5,7H2,1-2H3/b11-6-/t10?,12-,13-/m1/s1. The molecule has 0 heterocycles. The van der Waals surface area contributed by atoms with Gasteiger partial charge in [0.1, 0.15) is 12.4 Å². The zero-order valence-electron chi connectivity index (χ0n) is 11.6. The van der Waals surface area contributed by atoms with Crippen molar-refractivity contribution in [1.29, 1.82) is 0 Å². The average Bonchev–Trinajstić information content (AvgIpc) is 2.38. The van der Waals surface area contributed by atoms with Gasteiger partial charge in [-0.25, -0.2) is 0 Å². The normalized spacial score (nSPS) is 29.4. The Hall–Kier alpha value is -0.920. The zero-order valence-corrected chi connectivity index (χ0v) is 13.8. The Bertz CT molecular complexity index is 404. The van der Waals surface area contributed by atoms with Crippen molar-refractivity contribution in [3.05, 3.63) is 11.6 Å². The van der Waals surface area contributed by atoms with Gasteiger partial charge in [0.15, 0.2) is 0 Å². The van der Waals surface area contributed by atoms with E-state index in [0.717, 1.165) is 6.29 Å². The first-order valence-corrected chi connectivity index (χ1v) is 7.87. The number of hydrogen-bond acceptors (Lipinski definition) is 5. The van der Waals surface area contributed by atoms with Gasteiger partial charge in [0.05, 0.1) is 16.4 Å². The summed E-state index contributed by atoms with van der Waals surface area (Å²) in [4.78, 5) is 34.2. The van der Waals surface area contributed by atoms with Crippen molar-refractivity contribution in [1.82, 2.24) is 0 Å². The maximum atomic E-state index is 11.9. The van der Waals surface area contributed by atoms with Crippen molar-refractivity contribution in [2.75, 3.05) is 6.61 Å². The lowest BCUT2D eigenvalue weighted by Gasteiger charge is -2.27. The van der Waals surface area contributed by atoms with Gasteiger partial charge in [-0.3, -0.25) is 14.4 Å². The molecule has 0 fully saturated rings. The van der Waals surface area contributed by atoms with E-state index in [-0.39, 0.29) is 15.8 Å². The molecule has 1 rings (SSSR count). The van der Waals surface area contributed by atoms with E-state index in [1.165, 1.54) is 6.92 Å². The molecule has 1 aliphatic carbocycles. The van der Waals surface area contributed by atoms with Crippen LogP contribution in [0.1, 0.15) is 33.1 Å². The number of allylic oxidation sites excluding steroid dienone is 1. The predicted molar refractivity (Wildman–Crippen MR) is 81.5 cm³/mol. The highest BCUT2D eigenvalue weighted by Crippen LogP contribution is 2.30. The van der Waals surface area contributed by atoms with Crippen molar-refractivity contribution in [2.24, 2.45) is 5.92 Å². The number of rotatable bonds is 4. The van der Waals surface area contributed by atoms with Gasteiger partial charge in [0.25, 0.3) is 0 Å². The van der Waals surface area contributed by atoms with E-state index in [0.29, 0.717) is 31.4 Å². The van der Waals surface area contributed by atoms with Gasteiger partial charge in [-0.1, -0.05) is 28.7 Å². The van der Waals surface area contributed by atoms with Crippen molar-refractivity contribution in [3.63, 3.8) is 0 Å². The number of halogens is 1. The number of aldehydes is 1. The topological polar surface area (TPSA) is 69.7 Å². The summed E-state index contributed by atoms with van der Waals surface area (Å²) in [5.41, 5.74) is 0.474. The molecule has 0 aliphatic heterocycles. The van der Waals surface area contributed by atoms with Crippen molar-refractivity contribution < 1.29 is 23.9 Å². The first-order valence-electron chi connectivity index (χ1n) is 6.62. The van der Waals surface area contributed by atoms with Crippen LogP contribution in [0.25, 0.3) is 0 Å². The molecule has 1 unspecified atom stereocenters. The van der Waals surface area contributed by atoms with Gasteiger partial charge in [-0.2, -0.15) is 0 Å². The fourth-order valence-corrected chi connectivity index (χ4v) is 3.38. The lowest BCUT2D eigenvalue weighted by molar-refractivity contribution is -0.148. The Labute approximate surface area is 132 Å². The number of alkyl halides is 1. The van der Waals surface area contributed by atoms with Crippen LogP contribution in [0.4, 0.5) is 0 Å². The summed E-state index contributed by atoms with van der Waals surface area (Å²) in [6.45, 7) is 3.44.